The number of hydrogen-bond acceptors (Lipinski definition) is 4. The average molecular weight is 332 g/mol. The molecule has 1 aliphatic heterocycles. The summed E-state index contributed by atoms with van der Waals surface area (Å²) in [5.74, 6) is 0.0619. The monoisotopic (exact) mass is 332 g/mol. The van der Waals surface area contributed by atoms with E-state index in [4.69, 9.17) is 9.47 Å². The van der Waals surface area contributed by atoms with Crippen LogP contribution in [0.4, 0.5) is 0 Å². The van der Waals surface area contributed by atoms with Crippen LogP contribution in [0, 0.1) is 0 Å². The Morgan fingerprint density at radius 3 is 2.92 bits per heavy atom. The molecule has 1 fully saturated rings. The maximum Gasteiger partial charge on any atom is 0.254 e. The zero-order valence-corrected chi connectivity index (χ0v) is 14.7. The molecule has 0 N–H and O–H groups in total. The molecule has 0 bridgehead atoms. The van der Waals surface area contributed by atoms with Crippen LogP contribution in [-0.2, 0) is 20.7 Å². The minimum Gasteiger partial charge on any atom is -0.376 e. The van der Waals surface area contributed by atoms with E-state index in [1.807, 2.05) is 12.3 Å². The fraction of sp³-hybridized carbons (Fsp3) is 0.684. The third-order valence-corrected chi connectivity index (χ3v) is 5.18. The predicted molar refractivity (Wildman–Crippen MR) is 91.7 cm³/mol. The van der Waals surface area contributed by atoms with Crippen molar-refractivity contribution in [3.05, 3.63) is 29.6 Å². The van der Waals surface area contributed by atoms with E-state index < -0.39 is 6.10 Å². The van der Waals surface area contributed by atoms with Gasteiger partial charge in [0.1, 0.15) is 0 Å². The smallest absolute Gasteiger partial charge is 0.254 e. The number of amides is 1. The Morgan fingerprint density at radius 2 is 2.21 bits per heavy atom. The lowest BCUT2D eigenvalue weighted by Crippen LogP contribution is -2.51. The van der Waals surface area contributed by atoms with Crippen molar-refractivity contribution in [2.45, 2.75) is 64.1 Å². The van der Waals surface area contributed by atoms with E-state index in [1.54, 1.807) is 0 Å². The molecule has 132 valence electrons. The van der Waals surface area contributed by atoms with Crippen molar-refractivity contribution in [3.8, 4) is 0 Å². The predicted octanol–water partition coefficient (Wildman–Crippen LogP) is 2.89. The van der Waals surface area contributed by atoms with Crippen molar-refractivity contribution < 1.29 is 14.3 Å². The zero-order chi connectivity index (χ0) is 16.9. The van der Waals surface area contributed by atoms with Crippen molar-refractivity contribution in [2.24, 2.45) is 0 Å². The number of aromatic nitrogens is 1. The van der Waals surface area contributed by atoms with Crippen LogP contribution >= 0.6 is 0 Å². The molecule has 5 nitrogen and oxygen atoms in total. The van der Waals surface area contributed by atoms with Crippen LogP contribution in [0.3, 0.4) is 0 Å². The quantitative estimate of drug-likeness (QED) is 0.832. The maximum atomic E-state index is 13.3. The van der Waals surface area contributed by atoms with E-state index in [9.17, 15) is 4.79 Å². The molecule has 1 aromatic rings. The Morgan fingerprint density at radius 1 is 1.38 bits per heavy atom. The molecular formula is C19H28N2O3. The molecule has 1 amide bonds. The van der Waals surface area contributed by atoms with Gasteiger partial charge < -0.3 is 14.4 Å². The van der Waals surface area contributed by atoms with Crippen molar-refractivity contribution in [3.63, 3.8) is 0 Å². The summed E-state index contributed by atoms with van der Waals surface area (Å²) < 4.78 is 11.2. The van der Waals surface area contributed by atoms with Gasteiger partial charge in [-0.25, -0.2) is 0 Å². The van der Waals surface area contributed by atoms with Gasteiger partial charge in [0.05, 0.1) is 31.6 Å². The summed E-state index contributed by atoms with van der Waals surface area (Å²) in [5.41, 5.74) is 2.35. The highest BCUT2D eigenvalue weighted by atomic mass is 16.6. The molecule has 5 heteroatoms. The zero-order valence-electron chi connectivity index (χ0n) is 14.7. The van der Waals surface area contributed by atoms with Crippen LogP contribution in [-0.4, -0.2) is 47.8 Å². The number of carbonyl (C=O) groups excluding carboxylic acids is 1. The van der Waals surface area contributed by atoms with Crippen LogP contribution in [0.1, 0.15) is 56.8 Å². The number of aryl methyl sites for hydroxylation is 1. The number of fused-ring (bicyclic) bond motifs is 1. The summed E-state index contributed by atoms with van der Waals surface area (Å²) in [5, 5.41) is 0. The normalized spacial score (nSPS) is 23.8. The van der Waals surface area contributed by atoms with Crippen molar-refractivity contribution >= 4 is 5.91 Å². The summed E-state index contributed by atoms with van der Waals surface area (Å²) >= 11 is 0. The Kier molecular flexibility index (Phi) is 5.85. The molecule has 0 aromatic carbocycles. The van der Waals surface area contributed by atoms with Crippen LogP contribution < -0.4 is 0 Å². The lowest BCUT2D eigenvalue weighted by atomic mass is 9.89. The summed E-state index contributed by atoms with van der Waals surface area (Å²) in [6.45, 7) is 5.72. The Labute approximate surface area is 144 Å². The van der Waals surface area contributed by atoms with Gasteiger partial charge in [0.15, 0.2) is 6.10 Å². The van der Waals surface area contributed by atoms with Gasteiger partial charge in [0.25, 0.3) is 5.91 Å². The van der Waals surface area contributed by atoms with Gasteiger partial charge in [-0.15, -0.1) is 0 Å². The maximum absolute atomic E-state index is 13.3. The second-order valence-electron chi connectivity index (χ2n) is 6.61. The Balaban J connectivity index is 1.92. The molecule has 2 heterocycles. The number of ether oxygens (including phenoxy) is 2. The lowest BCUT2D eigenvalue weighted by Gasteiger charge is -2.41. The summed E-state index contributed by atoms with van der Waals surface area (Å²) in [6.07, 6.45) is 6.35. The SMILES string of the molecule is CCC(CC)N(C(=O)C1COCCO1)C1CCCc2cccnc21. The van der Waals surface area contributed by atoms with Crippen LogP contribution in [0.2, 0.25) is 0 Å². The largest absolute Gasteiger partial charge is 0.376 e. The van der Waals surface area contributed by atoms with Gasteiger partial charge >= 0.3 is 0 Å². The highest BCUT2D eigenvalue weighted by molar-refractivity contribution is 5.82. The van der Waals surface area contributed by atoms with Gasteiger partial charge in [0.2, 0.25) is 0 Å². The molecule has 0 spiro atoms. The fourth-order valence-electron chi connectivity index (χ4n) is 3.92. The minimum atomic E-state index is -0.478. The summed E-state index contributed by atoms with van der Waals surface area (Å²) in [6, 6.07) is 4.39. The molecular weight excluding hydrogens is 304 g/mol. The van der Waals surface area contributed by atoms with E-state index in [2.05, 4.69) is 29.8 Å². The van der Waals surface area contributed by atoms with Gasteiger partial charge in [-0.3, -0.25) is 9.78 Å². The van der Waals surface area contributed by atoms with Crippen molar-refractivity contribution in [1.29, 1.82) is 0 Å². The number of carbonyl (C=O) groups is 1. The van der Waals surface area contributed by atoms with E-state index in [-0.39, 0.29) is 18.0 Å². The van der Waals surface area contributed by atoms with Crippen molar-refractivity contribution in [1.82, 2.24) is 9.88 Å². The van der Waals surface area contributed by atoms with Gasteiger partial charge in [-0.2, -0.15) is 0 Å². The number of pyridine rings is 1. The molecule has 3 rings (SSSR count). The van der Waals surface area contributed by atoms with Gasteiger partial charge in [0, 0.05) is 12.2 Å². The average Bonchev–Trinajstić information content (AvgIpc) is 2.66. The first-order valence-corrected chi connectivity index (χ1v) is 9.21. The fourth-order valence-corrected chi connectivity index (χ4v) is 3.92. The minimum absolute atomic E-state index is 0.0536. The first-order valence-electron chi connectivity index (χ1n) is 9.21. The second kappa shape index (κ2) is 8.08. The first kappa shape index (κ1) is 17.4. The number of hydrogen-bond donors (Lipinski definition) is 0. The molecule has 0 radical (unpaired) electrons. The second-order valence-corrected chi connectivity index (χ2v) is 6.61. The molecule has 1 saturated heterocycles. The molecule has 2 unspecified atom stereocenters. The van der Waals surface area contributed by atoms with E-state index >= 15 is 0 Å². The van der Waals surface area contributed by atoms with Gasteiger partial charge in [-0.05, 0) is 43.7 Å². The molecule has 24 heavy (non-hydrogen) atoms. The molecule has 2 atom stereocenters. The third kappa shape index (κ3) is 3.47. The first-order chi connectivity index (χ1) is 11.8. The van der Waals surface area contributed by atoms with Gasteiger partial charge in [-0.1, -0.05) is 19.9 Å². The topological polar surface area (TPSA) is 51.7 Å². The Hall–Kier alpha value is -1.46. The van der Waals surface area contributed by atoms with Crippen LogP contribution in [0.15, 0.2) is 18.3 Å². The third-order valence-electron chi connectivity index (χ3n) is 5.18. The summed E-state index contributed by atoms with van der Waals surface area (Å²) in [7, 11) is 0. The highest BCUT2D eigenvalue weighted by Crippen LogP contribution is 2.36. The lowest BCUT2D eigenvalue weighted by molar-refractivity contribution is -0.163. The van der Waals surface area contributed by atoms with E-state index in [0.29, 0.717) is 19.8 Å². The highest BCUT2D eigenvalue weighted by Gasteiger charge is 2.38. The van der Waals surface area contributed by atoms with E-state index in [1.165, 1.54) is 5.56 Å². The summed E-state index contributed by atoms with van der Waals surface area (Å²) in [4.78, 5) is 20.0. The van der Waals surface area contributed by atoms with Crippen LogP contribution in [0.5, 0.6) is 0 Å². The standard InChI is InChI=1S/C19H28N2O3/c1-3-15(4-2)21(19(22)17-13-23-11-12-24-17)16-9-5-7-14-8-6-10-20-18(14)16/h6,8,10,15-17H,3-5,7,9,11-13H2,1-2H3. The molecule has 1 aromatic heterocycles. The van der Waals surface area contributed by atoms with Crippen molar-refractivity contribution in [2.75, 3.05) is 19.8 Å². The molecule has 1 aliphatic carbocycles. The molecule has 2 aliphatic rings. The Bertz CT molecular complexity index is 553. The van der Waals surface area contributed by atoms with E-state index in [0.717, 1.165) is 37.8 Å². The molecule has 0 saturated carbocycles. The number of nitrogens with zero attached hydrogens (tertiary/aromatic N) is 2. The van der Waals surface area contributed by atoms with Crippen LogP contribution in [0.25, 0.3) is 0 Å². The number of rotatable bonds is 5.